The predicted molar refractivity (Wildman–Crippen MR) is 56.9 cm³/mol. The third-order valence-corrected chi connectivity index (χ3v) is 2.01. The number of anilines is 1. The highest BCUT2D eigenvalue weighted by Crippen LogP contribution is 2.13. The van der Waals surface area contributed by atoms with Gasteiger partial charge in [0.15, 0.2) is 0 Å². The first kappa shape index (κ1) is 10.4. The Hall–Kier alpha value is -1.71. The van der Waals surface area contributed by atoms with E-state index in [0.29, 0.717) is 0 Å². The first-order valence-corrected chi connectivity index (χ1v) is 4.47. The van der Waals surface area contributed by atoms with E-state index in [-0.39, 0.29) is 12.1 Å². The molecule has 0 heterocycles. The van der Waals surface area contributed by atoms with Crippen molar-refractivity contribution in [3.63, 3.8) is 0 Å². The van der Waals surface area contributed by atoms with Crippen LogP contribution < -0.4 is 16.4 Å². The molecule has 0 saturated heterocycles. The van der Waals surface area contributed by atoms with E-state index in [4.69, 9.17) is 5.73 Å². The zero-order chi connectivity index (χ0) is 10.6. The summed E-state index contributed by atoms with van der Waals surface area (Å²) < 4.78 is 0. The summed E-state index contributed by atoms with van der Waals surface area (Å²) in [4.78, 5) is 11.0. The Balaban J connectivity index is 2.65. The van der Waals surface area contributed by atoms with Crippen LogP contribution in [-0.2, 0) is 0 Å². The lowest BCUT2D eigenvalue weighted by Gasteiger charge is -2.13. The van der Waals surface area contributed by atoms with Gasteiger partial charge in [-0.05, 0) is 24.6 Å². The highest BCUT2D eigenvalue weighted by molar-refractivity contribution is 5.74. The van der Waals surface area contributed by atoms with E-state index >= 15 is 0 Å². The summed E-state index contributed by atoms with van der Waals surface area (Å²) >= 11 is 0. The third-order valence-electron chi connectivity index (χ3n) is 2.01. The smallest absolute Gasteiger partial charge is 0.315 e. The molecule has 2 amide bonds. The van der Waals surface area contributed by atoms with Crippen molar-refractivity contribution in [2.45, 2.75) is 13.0 Å². The molecule has 0 radical (unpaired) electrons. The summed E-state index contributed by atoms with van der Waals surface area (Å²) in [5.74, 6) is 0. The maximum Gasteiger partial charge on any atom is 0.315 e. The number of carbonyl (C=O) groups is 1. The van der Waals surface area contributed by atoms with E-state index < -0.39 is 0 Å². The van der Waals surface area contributed by atoms with Crippen LogP contribution in [0.25, 0.3) is 0 Å². The Bertz CT molecular complexity index is 308. The molecule has 0 fully saturated rings. The van der Waals surface area contributed by atoms with Gasteiger partial charge in [-0.15, -0.1) is 0 Å². The summed E-state index contributed by atoms with van der Waals surface area (Å²) in [6, 6.07) is 7.23. The minimum atomic E-state index is -0.186. The van der Waals surface area contributed by atoms with Gasteiger partial charge >= 0.3 is 6.03 Å². The van der Waals surface area contributed by atoms with Gasteiger partial charge in [-0.3, -0.25) is 0 Å². The molecule has 1 rings (SSSR count). The van der Waals surface area contributed by atoms with Crippen LogP contribution in [0.15, 0.2) is 24.3 Å². The zero-order valence-electron chi connectivity index (χ0n) is 8.37. The number of hydrogen-bond acceptors (Lipinski definition) is 2. The van der Waals surface area contributed by atoms with Crippen molar-refractivity contribution in [1.82, 2.24) is 10.6 Å². The van der Waals surface area contributed by atoms with Gasteiger partial charge in [0, 0.05) is 12.7 Å². The van der Waals surface area contributed by atoms with Gasteiger partial charge in [0.1, 0.15) is 0 Å². The average molecular weight is 193 g/mol. The Morgan fingerprint density at radius 1 is 1.36 bits per heavy atom. The highest BCUT2D eigenvalue weighted by atomic mass is 16.2. The van der Waals surface area contributed by atoms with Crippen LogP contribution in [0.5, 0.6) is 0 Å². The molecule has 0 saturated carbocycles. The van der Waals surface area contributed by atoms with E-state index in [9.17, 15) is 4.79 Å². The molecule has 0 aromatic heterocycles. The van der Waals surface area contributed by atoms with E-state index in [1.54, 1.807) is 7.05 Å². The third kappa shape index (κ3) is 2.65. The van der Waals surface area contributed by atoms with Crippen molar-refractivity contribution in [2.75, 3.05) is 12.8 Å². The van der Waals surface area contributed by atoms with Crippen molar-refractivity contribution in [2.24, 2.45) is 0 Å². The second-order valence-corrected chi connectivity index (χ2v) is 3.11. The number of nitrogen functional groups attached to an aromatic ring is 1. The second kappa shape index (κ2) is 4.50. The van der Waals surface area contributed by atoms with Crippen LogP contribution in [0.4, 0.5) is 10.5 Å². The van der Waals surface area contributed by atoms with Gasteiger partial charge in [0.2, 0.25) is 0 Å². The fraction of sp³-hybridized carbons (Fsp3) is 0.300. The summed E-state index contributed by atoms with van der Waals surface area (Å²) in [6.45, 7) is 1.92. The molecule has 4 heteroatoms. The fourth-order valence-corrected chi connectivity index (χ4v) is 1.14. The summed E-state index contributed by atoms with van der Waals surface area (Å²) in [6.07, 6.45) is 0. The molecule has 14 heavy (non-hydrogen) atoms. The number of nitrogens with two attached hydrogens (primary N) is 1. The molecule has 1 aromatic carbocycles. The van der Waals surface area contributed by atoms with Crippen LogP contribution in [0.1, 0.15) is 18.5 Å². The molecule has 1 aromatic rings. The van der Waals surface area contributed by atoms with Gasteiger partial charge in [-0.2, -0.15) is 0 Å². The molecular formula is C10H15N3O. The highest BCUT2D eigenvalue weighted by Gasteiger charge is 2.06. The van der Waals surface area contributed by atoms with Gasteiger partial charge in [-0.25, -0.2) is 4.79 Å². The SMILES string of the molecule is CNC(=O)NC(C)c1ccc(N)cc1. The summed E-state index contributed by atoms with van der Waals surface area (Å²) in [7, 11) is 1.59. The number of benzene rings is 1. The van der Waals surface area contributed by atoms with Crippen LogP contribution in [0, 0.1) is 0 Å². The molecule has 0 aliphatic rings. The minimum absolute atomic E-state index is 0.0180. The lowest BCUT2D eigenvalue weighted by Crippen LogP contribution is -2.34. The maximum atomic E-state index is 11.0. The molecular weight excluding hydrogens is 178 g/mol. The number of hydrogen-bond donors (Lipinski definition) is 3. The van der Waals surface area contributed by atoms with Crippen LogP contribution in [0.3, 0.4) is 0 Å². The Labute approximate surface area is 83.5 Å². The Morgan fingerprint density at radius 3 is 2.43 bits per heavy atom. The molecule has 0 spiro atoms. The topological polar surface area (TPSA) is 67.2 Å². The number of nitrogens with one attached hydrogen (secondary N) is 2. The standard InChI is InChI=1S/C10H15N3O/c1-7(13-10(14)12-2)8-3-5-9(11)6-4-8/h3-7H,11H2,1-2H3,(H2,12,13,14). The number of rotatable bonds is 2. The first-order valence-electron chi connectivity index (χ1n) is 4.47. The lowest BCUT2D eigenvalue weighted by atomic mass is 10.1. The van der Waals surface area contributed by atoms with Crippen molar-refractivity contribution in [1.29, 1.82) is 0 Å². The van der Waals surface area contributed by atoms with E-state index in [2.05, 4.69) is 10.6 Å². The van der Waals surface area contributed by atoms with Gasteiger partial charge in [-0.1, -0.05) is 12.1 Å². The number of amides is 2. The Morgan fingerprint density at radius 2 is 1.93 bits per heavy atom. The van der Waals surface area contributed by atoms with Crippen LogP contribution in [-0.4, -0.2) is 13.1 Å². The molecule has 0 aliphatic carbocycles. The largest absolute Gasteiger partial charge is 0.399 e. The monoisotopic (exact) mass is 193 g/mol. The van der Waals surface area contributed by atoms with Crippen LogP contribution >= 0.6 is 0 Å². The van der Waals surface area contributed by atoms with Crippen molar-refractivity contribution >= 4 is 11.7 Å². The lowest BCUT2D eigenvalue weighted by molar-refractivity contribution is 0.240. The molecule has 0 aliphatic heterocycles. The quantitative estimate of drug-likeness (QED) is 0.619. The number of urea groups is 1. The normalized spacial score (nSPS) is 11.9. The van der Waals surface area contributed by atoms with Crippen LogP contribution in [0.2, 0.25) is 0 Å². The molecule has 4 nitrogen and oxygen atoms in total. The van der Waals surface area contributed by atoms with Crippen molar-refractivity contribution in [3.8, 4) is 0 Å². The summed E-state index contributed by atoms with van der Waals surface area (Å²) in [5, 5.41) is 5.28. The molecule has 1 unspecified atom stereocenters. The predicted octanol–water partition coefficient (Wildman–Crippen LogP) is 1.26. The minimum Gasteiger partial charge on any atom is -0.399 e. The average Bonchev–Trinajstić information content (AvgIpc) is 2.18. The first-order chi connectivity index (χ1) is 6.63. The fourth-order valence-electron chi connectivity index (χ4n) is 1.14. The van der Waals surface area contributed by atoms with Gasteiger partial charge < -0.3 is 16.4 Å². The van der Waals surface area contributed by atoms with E-state index in [0.717, 1.165) is 11.3 Å². The number of carbonyl (C=O) groups excluding carboxylic acids is 1. The van der Waals surface area contributed by atoms with Crippen molar-refractivity contribution in [3.05, 3.63) is 29.8 Å². The van der Waals surface area contributed by atoms with Gasteiger partial charge in [0.25, 0.3) is 0 Å². The maximum absolute atomic E-state index is 11.0. The molecule has 76 valence electrons. The van der Waals surface area contributed by atoms with E-state index in [1.807, 2.05) is 31.2 Å². The zero-order valence-corrected chi connectivity index (χ0v) is 8.37. The van der Waals surface area contributed by atoms with Crippen molar-refractivity contribution < 1.29 is 4.79 Å². The van der Waals surface area contributed by atoms with E-state index in [1.165, 1.54) is 0 Å². The molecule has 0 bridgehead atoms. The molecule has 1 atom stereocenters. The molecule has 4 N–H and O–H groups in total. The second-order valence-electron chi connectivity index (χ2n) is 3.11. The summed E-state index contributed by atoms with van der Waals surface area (Å²) in [5.41, 5.74) is 7.31. The van der Waals surface area contributed by atoms with Gasteiger partial charge in [0.05, 0.1) is 6.04 Å². The Kier molecular flexibility index (Phi) is 3.34.